The van der Waals surface area contributed by atoms with Gasteiger partial charge in [0.25, 0.3) is 5.91 Å². The summed E-state index contributed by atoms with van der Waals surface area (Å²) in [4.78, 5) is 26.0. The molecule has 0 heterocycles. The molecule has 0 aromatic heterocycles. The van der Waals surface area contributed by atoms with E-state index in [1.54, 1.807) is 17.0 Å². The van der Waals surface area contributed by atoms with Gasteiger partial charge in [0.2, 0.25) is 5.91 Å². The second-order valence-corrected chi connectivity index (χ2v) is 6.41. The van der Waals surface area contributed by atoms with Crippen LogP contribution in [0.4, 0.5) is 0 Å². The monoisotopic (exact) mass is 354 g/mol. The van der Waals surface area contributed by atoms with E-state index >= 15 is 0 Å². The van der Waals surface area contributed by atoms with Crippen molar-refractivity contribution < 1.29 is 14.3 Å². The summed E-state index contributed by atoms with van der Waals surface area (Å²) in [6, 6.07) is 17.1. The number of hydrogen-bond acceptors (Lipinski definition) is 3. The summed E-state index contributed by atoms with van der Waals surface area (Å²) < 4.78 is 5.77. The second kappa shape index (κ2) is 9.61. The minimum absolute atomic E-state index is 0.0349. The molecule has 0 atom stereocenters. The predicted octanol–water partition coefficient (Wildman–Crippen LogP) is 3.03. The number of nitrogens with two attached hydrogens (primary N) is 1. The molecule has 0 aliphatic rings. The van der Waals surface area contributed by atoms with Crippen LogP contribution in [0, 0.1) is 0 Å². The Labute approximate surface area is 154 Å². The standard InChI is InChI=1S/C21H26N2O3/c1-16(2)26-19-11-7-6-10-18(19)21(25)23(15-13-20(22)24)14-12-17-8-4-3-5-9-17/h3-11,16H,12-15H2,1-2H3,(H2,22,24). The lowest BCUT2D eigenvalue weighted by Gasteiger charge is -2.24. The Morgan fingerprint density at radius 2 is 1.65 bits per heavy atom. The van der Waals surface area contributed by atoms with E-state index in [1.807, 2.05) is 56.3 Å². The van der Waals surface area contributed by atoms with Gasteiger partial charge in [0, 0.05) is 19.5 Å². The van der Waals surface area contributed by atoms with Crippen LogP contribution < -0.4 is 10.5 Å². The fourth-order valence-corrected chi connectivity index (χ4v) is 2.64. The van der Waals surface area contributed by atoms with Crippen LogP contribution in [0.5, 0.6) is 5.75 Å². The molecule has 0 unspecified atom stereocenters. The average molecular weight is 354 g/mol. The number of nitrogens with zero attached hydrogens (tertiary/aromatic N) is 1. The molecule has 0 saturated carbocycles. The van der Waals surface area contributed by atoms with Crippen molar-refractivity contribution in [3.8, 4) is 5.75 Å². The molecular weight excluding hydrogens is 328 g/mol. The van der Waals surface area contributed by atoms with Crippen molar-refractivity contribution in [3.05, 3.63) is 65.7 Å². The molecule has 2 aromatic carbocycles. The Morgan fingerprint density at radius 3 is 2.31 bits per heavy atom. The summed E-state index contributed by atoms with van der Waals surface area (Å²) in [5.74, 6) is -0.0241. The third kappa shape index (κ3) is 5.92. The third-order valence-electron chi connectivity index (χ3n) is 3.91. The van der Waals surface area contributed by atoms with Crippen LogP contribution in [0.25, 0.3) is 0 Å². The molecule has 0 aliphatic heterocycles. The van der Waals surface area contributed by atoms with E-state index < -0.39 is 5.91 Å². The summed E-state index contributed by atoms with van der Waals surface area (Å²) >= 11 is 0. The lowest BCUT2D eigenvalue weighted by molar-refractivity contribution is -0.118. The van der Waals surface area contributed by atoms with Crippen molar-refractivity contribution in [2.45, 2.75) is 32.8 Å². The van der Waals surface area contributed by atoms with E-state index in [9.17, 15) is 9.59 Å². The zero-order chi connectivity index (χ0) is 18.9. The van der Waals surface area contributed by atoms with Crippen molar-refractivity contribution in [1.82, 2.24) is 4.90 Å². The van der Waals surface area contributed by atoms with Crippen molar-refractivity contribution in [2.24, 2.45) is 5.73 Å². The molecule has 0 spiro atoms. The van der Waals surface area contributed by atoms with E-state index in [0.717, 1.165) is 5.56 Å². The van der Waals surface area contributed by atoms with Gasteiger partial charge in [0.15, 0.2) is 0 Å². The van der Waals surface area contributed by atoms with Crippen LogP contribution in [0.1, 0.15) is 36.2 Å². The number of carbonyl (C=O) groups is 2. The van der Waals surface area contributed by atoms with Crippen LogP contribution in [0.2, 0.25) is 0 Å². The summed E-state index contributed by atoms with van der Waals surface area (Å²) in [5.41, 5.74) is 6.92. The first-order valence-corrected chi connectivity index (χ1v) is 8.84. The van der Waals surface area contributed by atoms with Gasteiger partial charge in [-0.3, -0.25) is 9.59 Å². The summed E-state index contributed by atoms with van der Waals surface area (Å²) in [5, 5.41) is 0. The van der Waals surface area contributed by atoms with Gasteiger partial charge in [-0.2, -0.15) is 0 Å². The number of amides is 2. The predicted molar refractivity (Wildman–Crippen MR) is 102 cm³/mol. The lowest BCUT2D eigenvalue weighted by Crippen LogP contribution is -2.36. The summed E-state index contributed by atoms with van der Waals surface area (Å²) in [6.45, 7) is 4.63. The molecule has 0 fully saturated rings. The van der Waals surface area contributed by atoms with Crippen LogP contribution >= 0.6 is 0 Å². The van der Waals surface area contributed by atoms with Gasteiger partial charge in [0.1, 0.15) is 5.75 Å². The maximum atomic E-state index is 13.1. The smallest absolute Gasteiger partial charge is 0.257 e. The Morgan fingerprint density at radius 1 is 1.00 bits per heavy atom. The van der Waals surface area contributed by atoms with Crippen LogP contribution in [-0.2, 0) is 11.2 Å². The topological polar surface area (TPSA) is 72.6 Å². The molecule has 138 valence electrons. The zero-order valence-corrected chi connectivity index (χ0v) is 15.4. The first-order valence-electron chi connectivity index (χ1n) is 8.84. The molecule has 5 heteroatoms. The van der Waals surface area contributed by atoms with Gasteiger partial charge < -0.3 is 15.4 Å². The van der Waals surface area contributed by atoms with Gasteiger partial charge in [-0.1, -0.05) is 42.5 Å². The van der Waals surface area contributed by atoms with Crippen LogP contribution in [-0.4, -0.2) is 35.9 Å². The fourth-order valence-electron chi connectivity index (χ4n) is 2.64. The maximum Gasteiger partial charge on any atom is 0.257 e. The highest BCUT2D eigenvalue weighted by Crippen LogP contribution is 2.21. The molecule has 0 saturated heterocycles. The molecule has 2 aromatic rings. The molecule has 2 amide bonds. The van der Waals surface area contributed by atoms with E-state index in [4.69, 9.17) is 10.5 Å². The van der Waals surface area contributed by atoms with Crippen molar-refractivity contribution >= 4 is 11.8 Å². The highest BCUT2D eigenvalue weighted by atomic mass is 16.5. The van der Waals surface area contributed by atoms with Gasteiger partial charge in [-0.25, -0.2) is 0 Å². The first kappa shape index (κ1) is 19.5. The van der Waals surface area contributed by atoms with E-state index in [2.05, 4.69) is 0 Å². The largest absolute Gasteiger partial charge is 0.490 e. The van der Waals surface area contributed by atoms with Gasteiger partial charge in [-0.15, -0.1) is 0 Å². The Kier molecular flexibility index (Phi) is 7.21. The van der Waals surface area contributed by atoms with E-state index in [0.29, 0.717) is 24.3 Å². The number of ether oxygens (including phenoxy) is 1. The van der Waals surface area contributed by atoms with Gasteiger partial charge in [0.05, 0.1) is 11.7 Å². The summed E-state index contributed by atoms with van der Waals surface area (Å²) in [7, 11) is 0. The number of para-hydroxylation sites is 1. The minimum Gasteiger partial charge on any atom is -0.490 e. The Bertz CT molecular complexity index is 729. The normalized spacial score (nSPS) is 10.6. The van der Waals surface area contributed by atoms with Gasteiger partial charge >= 0.3 is 0 Å². The highest BCUT2D eigenvalue weighted by Gasteiger charge is 2.20. The number of benzene rings is 2. The van der Waals surface area contributed by atoms with E-state index in [1.165, 1.54) is 0 Å². The van der Waals surface area contributed by atoms with Crippen LogP contribution in [0.3, 0.4) is 0 Å². The van der Waals surface area contributed by atoms with E-state index in [-0.39, 0.29) is 25.0 Å². The number of carbonyl (C=O) groups excluding carboxylic acids is 2. The molecule has 26 heavy (non-hydrogen) atoms. The number of primary amides is 1. The van der Waals surface area contributed by atoms with Crippen molar-refractivity contribution in [1.29, 1.82) is 0 Å². The molecule has 0 bridgehead atoms. The quantitative estimate of drug-likeness (QED) is 0.752. The zero-order valence-electron chi connectivity index (χ0n) is 15.4. The molecule has 2 N–H and O–H groups in total. The number of rotatable bonds is 9. The third-order valence-corrected chi connectivity index (χ3v) is 3.91. The van der Waals surface area contributed by atoms with Crippen LogP contribution in [0.15, 0.2) is 54.6 Å². The van der Waals surface area contributed by atoms with Crippen molar-refractivity contribution in [3.63, 3.8) is 0 Å². The van der Waals surface area contributed by atoms with Crippen molar-refractivity contribution in [2.75, 3.05) is 13.1 Å². The molecule has 2 rings (SSSR count). The SMILES string of the molecule is CC(C)Oc1ccccc1C(=O)N(CCC(N)=O)CCc1ccccc1. The molecule has 0 radical (unpaired) electrons. The maximum absolute atomic E-state index is 13.1. The lowest BCUT2D eigenvalue weighted by atomic mass is 10.1. The highest BCUT2D eigenvalue weighted by molar-refractivity contribution is 5.97. The Balaban J connectivity index is 2.18. The Hall–Kier alpha value is -2.82. The molecule has 0 aliphatic carbocycles. The van der Waals surface area contributed by atoms with Gasteiger partial charge in [-0.05, 0) is 38.0 Å². The second-order valence-electron chi connectivity index (χ2n) is 6.41. The minimum atomic E-state index is -0.422. The summed E-state index contributed by atoms with van der Waals surface area (Å²) in [6.07, 6.45) is 0.805. The fraction of sp³-hybridized carbons (Fsp3) is 0.333. The number of hydrogen-bond donors (Lipinski definition) is 1. The first-order chi connectivity index (χ1) is 12.5. The average Bonchev–Trinajstić information content (AvgIpc) is 2.62. The molecular formula is C21H26N2O3. The molecule has 5 nitrogen and oxygen atoms in total.